The lowest BCUT2D eigenvalue weighted by Crippen LogP contribution is -2.52. The first-order valence-corrected chi connectivity index (χ1v) is 13.4. The van der Waals surface area contributed by atoms with E-state index in [1.807, 2.05) is 0 Å². The third-order valence-corrected chi connectivity index (χ3v) is 6.84. The van der Waals surface area contributed by atoms with Gasteiger partial charge in [0.15, 0.2) is 0 Å². The molecule has 0 fully saturated rings. The minimum atomic E-state index is -0.479. The molecule has 2 rings (SSSR count). The summed E-state index contributed by atoms with van der Waals surface area (Å²) in [7, 11) is 0. The lowest BCUT2D eigenvalue weighted by atomic mass is 10.0. The fraction of sp³-hybridized carbons (Fsp3) is 0.586. The van der Waals surface area contributed by atoms with Crippen molar-refractivity contribution >= 4 is 11.6 Å². The van der Waals surface area contributed by atoms with E-state index in [1.54, 1.807) is 0 Å². The number of hydrogen-bond donors (Lipinski definition) is 1. The van der Waals surface area contributed by atoms with E-state index in [1.165, 1.54) is 75.3 Å². The molecule has 0 radical (unpaired) electrons. The van der Waals surface area contributed by atoms with Gasteiger partial charge in [-0.1, -0.05) is 119 Å². The van der Waals surface area contributed by atoms with E-state index in [0.717, 1.165) is 24.1 Å². The Hall–Kier alpha value is -1.35. The second-order valence-corrected chi connectivity index (χ2v) is 9.83. The maximum Gasteiger partial charge on any atom is 0.116 e. The Morgan fingerprint density at radius 1 is 0.688 bits per heavy atom. The molecule has 0 bridgehead atoms. The molecule has 0 amide bonds. The fourth-order valence-electron chi connectivity index (χ4n) is 4.81. The molecule has 1 N–H and O–H groups in total. The second kappa shape index (κ2) is 16.3. The summed E-state index contributed by atoms with van der Waals surface area (Å²) < 4.78 is 0.860. The molecular formula is C29H45ClNO+. The molecule has 2 nitrogen and oxygen atoms in total. The quantitative estimate of drug-likeness (QED) is 0.138. The van der Waals surface area contributed by atoms with Gasteiger partial charge in [-0.05, 0) is 12.8 Å². The zero-order valence-corrected chi connectivity index (χ0v) is 21.0. The summed E-state index contributed by atoms with van der Waals surface area (Å²) in [4.78, 5) is 0. The fourth-order valence-corrected chi connectivity index (χ4v) is 4.90. The van der Waals surface area contributed by atoms with Gasteiger partial charge in [-0.2, -0.15) is 0 Å². The number of alkyl halides is 1. The van der Waals surface area contributed by atoms with Gasteiger partial charge in [-0.15, -0.1) is 11.6 Å². The van der Waals surface area contributed by atoms with Crippen LogP contribution in [0.1, 0.15) is 82.3 Å². The Labute approximate surface area is 202 Å². The highest BCUT2D eigenvalue weighted by molar-refractivity contribution is 6.18. The molecule has 0 spiro atoms. The van der Waals surface area contributed by atoms with Crippen LogP contribution in [-0.4, -0.2) is 34.7 Å². The number of quaternary nitrogens is 1. The van der Waals surface area contributed by atoms with Crippen LogP contribution in [0.4, 0.5) is 0 Å². The molecule has 32 heavy (non-hydrogen) atoms. The largest absolute Gasteiger partial charge is 0.386 e. The third-order valence-electron chi connectivity index (χ3n) is 6.48. The second-order valence-electron chi connectivity index (χ2n) is 9.53. The van der Waals surface area contributed by atoms with Crippen molar-refractivity contribution in [3.05, 3.63) is 71.8 Å². The molecule has 0 saturated carbocycles. The summed E-state index contributed by atoms with van der Waals surface area (Å²) in [5.41, 5.74) is 2.66. The lowest BCUT2D eigenvalue weighted by Gasteiger charge is -2.40. The maximum atomic E-state index is 10.6. The molecule has 0 aliphatic heterocycles. The molecule has 1 unspecified atom stereocenters. The Kier molecular flexibility index (Phi) is 13.7. The van der Waals surface area contributed by atoms with Crippen molar-refractivity contribution in [3.8, 4) is 0 Å². The average molecular weight is 459 g/mol. The minimum absolute atomic E-state index is 0.293. The monoisotopic (exact) mass is 458 g/mol. The van der Waals surface area contributed by atoms with E-state index >= 15 is 0 Å². The van der Waals surface area contributed by atoms with Crippen molar-refractivity contribution in [2.75, 3.05) is 19.0 Å². The Morgan fingerprint density at radius 3 is 1.56 bits per heavy atom. The molecule has 0 saturated heterocycles. The van der Waals surface area contributed by atoms with Gasteiger partial charge in [0.2, 0.25) is 0 Å². The summed E-state index contributed by atoms with van der Waals surface area (Å²) in [5, 5.41) is 10.6. The number of halogens is 1. The molecule has 0 aliphatic rings. The first-order chi connectivity index (χ1) is 15.7. The average Bonchev–Trinajstić information content (AvgIpc) is 2.81. The van der Waals surface area contributed by atoms with Gasteiger partial charge in [0.1, 0.15) is 25.7 Å². The normalized spacial score (nSPS) is 12.7. The first-order valence-electron chi connectivity index (χ1n) is 12.8. The predicted octanol–water partition coefficient (Wildman–Crippen LogP) is 7.72. The van der Waals surface area contributed by atoms with Gasteiger partial charge in [-0.25, -0.2) is 0 Å². The van der Waals surface area contributed by atoms with Crippen LogP contribution < -0.4 is 0 Å². The number of aliphatic hydroxyl groups excluding tert-OH is 1. The van der Waals surface area contributed by atoms with Gasteiger partial charge in [0.25, 0.3) is 0 Å². The van der Waals surface area contributed by atoms with E-state index in [4.69, 9.17) is 11.6 Å². The highest BCUT2D eigenvalue weighted by Gasteiger charge is 2.30. The van der Waals surface area contributed by atoms with E-state index in [-0.39, 0.29) is 0 Å². The van der Waals surface area contributed by atoms with E-state index < -0.39 is 6.10 Å². The van der Waals surface area contributed by atoms with Crippen molar-refractivity contribution in [2.24, 2.45) is 0 Å². The van der Waals surface area contributed by atoms with Crippen molar-refractivity contribution in [1.82, 2.24) is 0 Å². The van der Waals surface area contributed by atoms with Gasteiger partial charge < -0.3 is 9.59 Å². The molecule has 0 aliphatic carbocycles. The summed E-state index contributed by atoms with van der Waals surface area (Å²) >= 11 is 6.07. The van der Waals surface area contributed by atoms with Gasteiger partial charge in [-0.3, -0.25) is 0 Å². The number of nitrogens with zero attached hydrogens (tertiary/aromatic N) is 1. The van der Waals surface area contributed by atoms with Crippen LogP contribution in [0.25, 0.3) is 0 Å². The highest BCUT2D eigenvalue weighted by atomic mass is 35.5. The van der Waals surface area contributed by atoms with Crippen molar-refractivity contribution in [3.63, 3.8) is 0 Å². The van der Waals surface area contributed by atoms with Crippen LogP contribution in [-0.2, 0) is 13.1 Å². The number of benzene rings is 2. The summed E-state index contributed by atoms with van der Waals surface area (Å²) in [6.45, 7) is 5.92. The number of hydrogen-bond acceptors (Lipinski definition) is 1. The van der Waals surface area contributed by atoms with Crippen LogP contribution in [0.15, 0.2) is 60.7 Å². The molecule has 2 aromatic carbocycles. The van der Waals surface area contributed by atoms with Crippen LogP contribution >= 0.6 is 11.6 Å². The topological polar surface area (TPSA) is 20.2 Å². The zero-order valence-electron chi connectivity index (χ0n) is 20.2. The molecule has 3 heteroatoms. The van der Waals surface area contributed by atoms with Crippen molar-refractivity contribution in [2.45, 2.75) is 90.3 Å². The Balaban J connectivity index is 1.96. The van der Waals surface area contributed by atoms with E-state index in [0.29, 0.717) is 12.4 Å². The molecule has 1 atom stereocenters. The highest BCUT2D eigenvalue weighted by Crippen LogP contribution is 2.23. The van der Waals surface area contributed by atoms with Gasteiger partial charge in [0.05, 0.1) is 12.4 Å². The Morgan fingerprint density at radius 2 is 1.12 bits per heavy atom. The van der Waals surface area contributed by atoms with Crippen LogP contribution in [0.3, 0.4) is 0 Å². The number of rotatable bonds is 18. The molecular weight excluding hydrogens is 414 g/mol. The van der Waals surface area contributed by atoms with Crippen LogP contribution in [0.2, 0.25) is 0 Å². The minimum Gasteiger partial charge on any atom is -0.386 e. The van der Waals surface area contributed by atoms with Gasteiger partial charge in [0, 0.05) is 11.1 Å². The van der Waals surface area contributed by atoms with Crippen molar-refractivity contribution < 1.29 is 9.59 Å². The van der Waals surface area contributed by atoms with Gasteiger partial charge >= 0.3 is 0 Å². The summed E-state index contributed by atoms with van der Waals surface area (Å²) in [5.74, 6) is 0.293. The molecule has 2 aromatic rings. The zero-order chi connectivity index (χ0) is 22.9. The smallest absolute Gasteiger partial charge is 0.116 e. The third kappa shape index (κ3) is 11.0. The summed E-state index contributed by atoms with van der Waals surface area (Å²) in [6, 6.07) is 21.5. The number of unbranched alkanes of at least 4 members (excludes halogenated alkanes) is 9. The molecule has 0 aromatic heterocycles. The molecule has 0 heterocycles. The maximum absolute atomic E-state index is 10.6. The number of aliphatic hydroxyl groups is 1. The van der Waals surface area contributed by atoms with E-state index in [2.05, 4.69) is 67.6 Å². The van der Waals surface area contributed by atoms with Crippen LogP contribution in [0, 0.1) is 0 Å². The van der Waals surface area contributed by atoms with E-state index in [9.17, 15) is 5.11 Å². The SMILES string of the molecule is CCCCCCCCCCCC[N+](Cc1ccccc1)(Cc1ccccc1)CC(O)CCl. The first kappa shape index (κ1) is 26.9. The summed E-state index contributed by atoms with van der Waals surface area (Å²) in [6.07, 6.45) is 13.0. The molecule has 178 valence electrons. The Bertz CT molecular complexity index is 649. The lowest BCUT2D eigenvalue weighted by molar-refractivity contribution is -0.956. The standard InChI is InChI=1S/C29H45ClNO/c1-2-3-4-5-6-7-8-9-10-17-22-31(26-29(32)23-30,24-27-18-13-11-14-19-27)25-28-20-15-12-16-21-28/h11-16,18-21,29,32H,2-10,17,22-26H2,1H3/q+1. The predicted molar refractivity (Wildman–Crippen MR) is 139 cm³/mol. The van der Waals surface area contributed by atoms with Crippen LogP contribution in [0.5, 0.6) is 0 Å². The van der Waals surface area contributed by atoms with Crippen molar-refractivity contribution in [1.29, 1.82) is 0 Å².